The third-order valence-corrected chi connectivity index (χ3v) is 4.65. The van der Waals surface area contributed by atoms with Gasteiger partial charge in [0.15, 0.2) is 0 Å². The van der Waals surface area contributed by atoms with Crippen LogP contribution in [0, 0.1) is 23.7 Å². The number of carbonyl (C=O) groups is 1. The van der Waals surface area contributed by atoms with Crippen molar-refractivity contribution in [2.75, 3.05) is 6.54 Å². The molecule has 3 fully saturated rings. The van der Waals surface area contributed by atoms with E-state index >= 15 is 0 Å². The van der Waals surface area contributed by atoms with Crippen LogP contribution in [0.3, 0.4) is 0 Å². The molecule has 0 saturated heterocycles. The minimum absolute atomic E-state index is 0.380. The molecule has 2 unspecified atom stereocenters. The molecule has 0 radical (unpaired) electrons. The van der Waals surface area contributed by atoms with Crippen molar-refractivity contribution in [3.8, 4) is 0 Å². The number of amides is 1. The number of hydrogen-bond donors (Lipinski definition) is 0. The summed E-state index contributed by atoms with van der Waals surface area (Å²) in [5, 5.41) is 0. The highest BCUT2D eigenvalue weighted by Crippen LogP contribution is 2.54. The number of nitrogens with zero attached hydrogens (tertiary/aromatic N) is 1. The van der Waals surface area contributed by atoms with Gasteiger partial charge in [-0.2, -0.15) is 0 Å². The van der Waals surface area contributed by atoms with Gasteiger partial charge < -0.3 is 4.90 Å². The molecule has 2 atom stereocenters. The van der Waals surface area contributed by atoms with Crippen molar-refractivity contribution in [3.63, 3.8) is 0 Å². The van der Waals surface area contributed by atoms with Gasteiger partial charge in [0.1, 0.15) is 0 Å². The van der Waals surface area contributed by atoms with Crippen LogP contribution in [0.2, 0.25) is 0 Å². The Balaban J connectivity index is 1.60. The molecule has 0 aromatic rings. The highest BCUT2D eigenvalue weighted by molar-refractivity contribution is 5.79. The molecule has 3 saturated carbocycles. The normalized spacial score (nSPS) is 36.3. The van der Waals surface area contributed by atoms with E-state index in [0.29, 0.717) is 17.9 Å². The SMILES string of the molecule is CC(C)N(CC1CC1)C(=O)C1CC2CC2C1. The number of carbonyl (C=O) groups excluding carboxylic acids is 1. The fourth-order valence-corrected chi connectivity index (χ4v) is 3.28. The van der Waals surface area contributed by atoms with Gasteiger partial charge in [0.25, 0.3) is 0 Å². The molecule has 16 heavy (non-hydrogen) atoms. The molecular formula is C14H23NO. The Morgan fingerprint density at radius 2 is 1.81 bits per heavy atom. The van der Waals surface area contributed by atoms with Crippen molar-refractivity contribution in [1.82, 2.24) is 4.90 Å². The van der Waals surface area contributed by atoms with Gasteiger partial charge in [-0.1, -0.05) is 0 Å². The molecule has 0 spiro atoms. The molecule has 2 nitrogen and oxygen atoms in total. The number of hydrogen-bond acceptors (Lipinski definition) is 1. The van der Waals surface area contributed by atoms with Crippen molar-refractivity contribution in [2.24, 2.45) is 23.7 Å². The van der Waals surface area contributed by atoms with Crippen molar-refractivity contribution in [2.45, 2.75) is 52.0 Å². The fourth-order valence-electron chi connectivity index (χ4n) is 3.28. The lowest BCUT2D eigenvalue weighted by molar-refractivity contribution is -0.137. The summed E-state index contributed by atoms with van der Waals surface area (Å²) in [6.45, 7) is 5.36. The Morgan fingerprint density at radius 1 is 1.19 bits per heavy atom. The van der Waals surface area contributed by atoms with E-state index in [9.17, 15) is 4.79 Å². The highest BCUT2D eigenvalue weighted by atomic mass is 16.2. The second kappa shape index (κ2) is 3.75. The summed E-state index contributed by atoms with van der Waals surface area (Å²) < 4.78 is 0. The molecule has 3 rings (SSSR count). The summed E-state index contributed by atoms with van der Waals surface area (Å²) in [6, 6.07) is 0.394. The van der Waals surface area contributed by atoms with E-state index in [4.69, 9.17) is 0 Å². The Bertz CT molecular complexity index is 285. The Labute approximate surface area is 98.4 Å². The second-order valence-corrected chi connectivity index (χ2v) is 6.45. The third kappa shape index (κ3) is 1.99. The molecule has 0 heterocycles. The van der Waals surface area contributed by atoms with Crippen LogP contribution in [0.4, 0.5) is 0 Å². The predicted octanol–water partition coefficient (Wildman–Crippen LogP) is 2.68. The molecule has 0 N–H and O–H groups in total. The Kier molecular flexibility index (Phi) is 2.49. The van der Waals surface area contributed by atoms with Crippen LogP contribution >= 0.6 is 0 Å². The monoisotopic (exact) mass is 221 g/mol. The quantitative estimate of drug-likeness (QED) is 0.714. The van der Waals surface area contributed by atoms with Gasteiger partial charge in [-0.05, 0) is 63.7 Å². The zero-order valence-electron chi connectivity index (χ0n) is 10.5. The summed E-state index contributed by atoms with van der Waals surface area (Å²) in [6.07, 6.45) is 6.47. The van der Waals surface area contributed by atoms with Crippen LogP contribution in [0.25, 0.3) is 0 Å². The average Bonchev–Trinajstić information content (AvgIpc) is 3.15. The zero-order valence-corrected chi connectivity index (χ0v) is 10.5. The maximum atomic E-state index is 12.4. The van der Waals surface area contributed by atoms with E-state index < -0.39 is 0 Å². The van der Waals surface area contributed by atoms with Gasteiger partial charge in [0, 0.05) is 18.5 Å². The van der Waals surface area contributed by atoms with Crippen molar-refractivity contribution < 1.29 is 4.79 Å². The first-order chi connectivity index (χ1) is 7.65. The van der Waals surface area contributed by atoms with E-state index in [1.54, 1.807) is 0 Å². The summed E-state index contributed by atoms with van der Waals surface area (Å²) in [4.78, 5) is 14.6. The molecule has 2 heteroatoms. The van der Waals surface area contributed by atoms with Crippen molar-refractivity contribution >= 4 is 5.91 Å². The molecule has 0 aromatic carbocycles. The van der Waals surface area contributed by atoms with E-state index in [2.05, 4.69) is 18.7 Å². The summed E-state index contributed by atoms with van der Waals surface area (Å²) in [7, 11) is 0. The van der Waals surface area contributed by atoms with Gasteiger partial charge in [0.05, 0.1) is 0 Å². The van der Waals surface area contributed by atoms with Crippen LogP contribution < -0.4 is 0 Å². The van der Waals surface area contributed by atoms with Crippen LogP contribution in [0.1, 0.15) is 46.0 Å². The minimum Gasteiger partial charge on any atom is -0.340 e. The first-order valence-electron chi connectivity index (χ1n) is 6.95. The minimum atomic E-state index is 0.380. The van der Waals surface area contributed by atoms with Gasteiger partial charge in [-0.25, -0.2) is 0 Å². The smallest absolute Gasteiger partial charge is 0.225 e. The maximum absolute atomic E-state index is 12.4. The standard InChI is InChI=1S/C14H23NO/c1-9(2)15(8-10-3-4-10)14(16)13-6-11-5-12(11)7-13/h9-13H,3-8H2,1-2H3. The average molecular weight is 221 g/mol. The predicted molar refractivity (Wildman–Crippen MR) is 63.9 cm³/mol. The van der Waals surface area contributed by atoms with Crippen LogP contribution in [0.15, 0.2) is 0 Å². The van der Waals surface area contributed by atoms with Crippen LogP contribution in [0.5, 0.6) is 0 Å². The van der Waals surface area contributed by atoms with E-state index in [1.165, 1.54) is 32.1 Å². The summed E-state index contributed by atoms with van der Waals surface area (Å²) in [5.74, 6) is 3.51. The number of fused-ring (bicyclic) bond motifs is 1. The molecule has 90 valence electrons. The zero-order chi connectivity index (χ0) is 11.3. The summed E-state index contributed by atoms with van der Waals surface area (Å²) >= 11 is 0. The first-order valence-corrected chi connectivity index (χ1v) is 6.95. The topological polar surface area (TPSA) is 20.3 Å². The van der Waals surface area contributed by atoms with E-state index in [0.717, 1.165) is 24.3 Å². The second-order valence-electron chi connectivity index (χ2n) is 6.45. The van der Waals surface area contributed by atoms with E-state index in [1.807, 2.05) is 0 Å². The van der Waals surface area contributed by atoms with Crippen molar-refractivity contribution in [3.05, 3.63) is 0 Å². The lowest BCUT2D eigenvalue weighted by atomic mass is 10.0. The fraction of sp³-hybridized carbons (Fsp3) is 0.929. The van der Waals surface area contributed by atoms with E-state index in [-0.39, 0.29) is 0 Å². The highest BCUT2D eigenvalue weighted by Gasteiger charge is 2.49. The Hall–Kier alpha value is -0.530. The number of rotatable bonds is 4. The van der Waals surface area contributed by atoms with Gasteiger partial charge in [-0.15, -0.1) is 0 Å². The van der Waals surface area contributed by atoms with Gasteiger partial charge in [-0.3, -0.25) is 4.79 Å². The molecule has 3 aliphatic carbocycles. The van der Waals surface area contributed by atoms with Crippen molar-refractivity contribution in [1.29, 1.82) is 0 Å². The van der Waals surface area contributed by atoms with Crippen LogP contribution in [-0.4, -0.2) is 23.4 Å². The molecule has 0 bridgehead atoms. The molecule has 1 amide bonds. The molecule has 0 aromatic heterocycles. The lowest BCUT2D eigenvalue weighted by Gasteiger charge is -2.30. The van der Waals surface area contributed by atoms with Crippen LogP contribution in [-0.2, 0) is 4.79 Å². The Morgan fingerprint density at radius 3 is 2.31 bits per heavy atom. The maximum Gasteiger partial charge on any atom is 0.225 e. The van der Waals surface area contributed by atoms with Gasteiger partial charge in [0.2, 0.25) is 5.91 Å². The lowest BCUT2D eigenvalue weighted by Crippen LogP contribution is -2.41. The molecule has 3 aliphatic rings. The van der Waals surface area contributed by atoms with Gasteiger partial charge >= 0.3 is 0 Å². The molecular weight excluding hydrogens is 198 g/mol. The summed E-state index contributed by atoms with van der Waals surface area (Å²) in [5.41, 5.74) is 0. The third-order valence-electron chi connectivity index (χ3n) is 4.65. The molecule has 0 aliphatic heterocycles. The first kappa shape index (κ1) is 10.6. The largest absolute Gasteiger partial charge is 0.340 e.